The average molecular weight is 425 g/mol. The molecule has 1 N–H and O–H groups in total. The Kier molecular flexibility index (Phi) is 5.59. The number of ether oxygens (including phenoxy) is 1. The summed E-state index contributed by atoms with van der Waals surface area (Å²) in [5, 5.41) is 8.06. The molecule has 2 aromatic rings. The Balaban J connectivity index is 1.85. The van der Waals surface area contributed by atoms with Crippen molar-refractivity contribution in [2.75, 3.05) is 11.9 Å². The standard InChI is InChI=1S/C19H22Cl2N4O3/c1-19(2,3)28-18(27)25-8-7-14-12(10-25)16(24(4)23-14)17(26)22-15-9-11(20)5-6-13(15)21/h5-6,9H,7-8,10H2,1-4H3,(H,22,26). The van der Waals surface area contributed by atoms with E-state index in [2.05, 4.69) is 10.4 Å². The van der Waals surface area contributed by atoms with Crippen LogP contribution < -0.4 is 5.32 Å². The zero-order valence-corrected chi connectivity index (χ0v) is 17.7. The second-order valence-corrected chi connectivity index (χ2v) is 8.47. The summed E-state index contributed by atoms with van der Waals surface area (Å²) in [7, 11) is 1.70. The molecule has 2 heterocycles. The van der Waals surface area contributed by atoms with Gasteiger partial charge in [0.15, 0.2) is 0 Å². The lowest BCUT2D eigenvalue weighted by Crippen LogP contribution is -2.40. The maximum absolute atomic E-state index is 12.9. The van der Waals surface area contributed by atoms with Gasteiger partial charge in [0.1, 0.15) is 11.3 Å². The van der Waals surface area contributed by atoms with Crippen molar-refractivity contribution in [1.29, 1.82) is 0 Å². The number of aryl methyl sites for hydroxylation is 1. The number of carbonyl (C=O) groups excluding carboxylic acids is 2. The third-order valence-electron chi connectivity index (χ3n) is 4.24. The summed E-state index contributed by atoms with van der Waals surface area (Å²) in [5.74, 6) is -0.369. The number of nitrogens with one attached hydrogen (secondary N) is 1. The van der Waals surface area contributed by atoms with Gasteiger partial charge in [-0.15, -0.1) is 0 Å². The minimum absolute atomic E-state index is 0.254. The average Bonchev–Trinajstić information content (AvgIpc) is 2.91. The van der Waals surface area contributed by atoms with Crippen LogP contribution in [0.3, 0.4) is 0 Å². The molecular weight excluding hydrogens is 403 g/mol. The molecular formula is C19H22Cl2N4O3. The van der Waals surface area contributed by atoms with Gasteiger partial charge in [-0.1, -0.05) is 23.2 Å². The van der Waals surface area contributed by atoms with E-state index in [1.54, 1.807) is 30.1 Å². The Hall–Kier alpha value is -2.25. The molecule has 0 unspecified atom stereocenters. The zero-order chi connectivity index (χ0) is 20.6. The fraction of sp³-hybridized carbons (Fsp3) is 0.421. The van der Waals surface area contributed by atoms with Crippen LogP contribution in [-0.2, 0) is 24.8 Å². The van der Waals surface area contributed by atoms with Crippen molar-refractivity contribution in [2.45, 2.75) is 39.3 Å². The Morgan fingerprint density at radius 1 is 1.25 bits per heavy atom. The molecule has 0 radical (unpaired) electrons. The maximum Gasteiger partial charge on any atom is 0.410 e. The molecule has 0 aliphatic carbocycles. The van der Waals surface area contributed by atoms with Crippen LogP contribution in [0.1, 0.15) is 42.5 Å². The molecule has 0 spiro atoms. The quantitative estimate of drug-likeness (QED) is 0.780. The van der Waals surface area contributed by atoms with E-state index in [-0.39, 0.29) is 12.5 Å². The molecule has 0 saturated heterocycles. The van der Waals surface area contributed by atoms with Crippen molar-refractivity contribution in [1.82, 2.24) is 14.7 Å². The molecule has 2 amide bonds. The van der Waals surface area contributed by atoms with Gasteiger partial charge in [0.25, 0.3) is 5.91 Å². The molecule has 1 aliphatic rings. The van der Waals surface area contributed by atoms with Crippen molar-refractivity contribution in [2.24, 2.45) is 7.05 Å². The molecule has 150 valence electrons. The second-order valence-electron chi connectivity index (χ2n) is 7.63. The van der Waals surface area contributed by atoms with Crippen molar-refractivity contribution in [3.63, 3.8) is 0 Å². The summed E-state index contributed by atoms with van der Waals surface area (Å²) < 4.78 is 6.98. The minimum Gasteiger partial charge on any atom is -0.444 e. The fourth-order valence-electron chi connectivity index (χ4n) is 3.04. The number of fused-ring (bicyclic) bond motifs is 1. The van der Waals surface area contributed by atoms with E-state index in [0.29, 0.717) is 40.0 Å². The Labute approximate surface area is 173 Å². The normalized spacial score (nSPS) is 13.9. The Morgan fingerprint density at radius 2 is 1.96 bits per heavy atom. The van der Waals surface area contributed by atoms with Gasteiger partial charge < -0.3 is 15.0 Å². The molecule has 7 nitrogen and oxygen atoms in total. The lowest BCUT2D eigenvalue weighted by molar-refractivity contribution is 0.0222. The Morgan fingerprint density at radius 3 is 2.64 bits per heavy atom. The highest BCUT2D eigenvalue weighted by Gasteiger charge is 2.31. The molecule has 1 aromatic heterocycles. The van der Waals surface area contributed by atoms with Crippen LogP contribution >= 0.6 is 23.2 Å². The van der Waals surface area contributed by atoms with Gasteiger partial charge in [-0.25, -0.2) is 4.79 Å². The predicted octanol–water partition coefficient (Wildman–Crippen LogP) is 4.27. The molecule has 28 heavy (non-hydrogen) atoms. The van der Waals surface area contributed by atoms with Gasteiger partial charge in [0.2, 0.25) is 0 Å². The topological polar surface area (TPSA) is 76.5 Å². The van der Waals surface area contributed by atoms with Crippen LogP contribution in [-0.4, -0.2) is 38.8 Å². The van der Waals surface area contributed by atoms with Gasteiger partial charge in [0.05, 0.1) is 22.9 Å². The first-order valence-electron chi connectivity index (χ1n) is 8.84. The third-order valence-corrected chi connectivity index (χ3v) is 4.80. The van der Waals surface area contributed by atoms with E-state index in [4.69, 9.17) is 27.9 Å². The highest BCUT2D eigenvalue weighted by molar-refractivity contribution is 6.35. The predicted molar refractivity (Wildman–Crippen MR) is 108 cm³/mol. The van der Waals surface area contributed by atoms with E-state index < -0.39 is 11.7 Å². The molecule has 3 rings (SSSR count). The molecule has 1 aromatic carbocycles. The van der Waals surface area contributed by atoms with Crippen LogP contribution in [0.5, 0.6) is 0 Å². The van der Waals surface area contributed by atoms with Gasteiger partial charge in [-0.3, -0.25) is 9.48 Å². The van der Waals surface area contributed by atoms with Crippen LogP contribution in [0.15, 0.2) is 18.2 Å². The summed E-state index contributed by atoms with van der Waals surface area (Å²) in [6.45, 7) is 6.19. The number of nitrogens with zero attached hydrogens (tertiary/aromatic N) is 3. The SMILES string of the molecule is Cn1nc2c(c1C(=O)Nc1cc(Cl)ccc1Cl)CN(C(=O)OC(C)(C)C)CC2. The number of amides is 2. The fourth-order valence-corrected chi connectivity index (χ4v) is 3.38. The largest absolute Gasteiger partial charge is 0.444 e. The van der Waals surface area contributed by atoms with Crippen molar-refractivity contribution < 1.29 is 14.3 Å². The van der Waals surface area contributed by atoms with E-state index in [1.165, 1.54) is 4.68 Å². The first-order valence-corrected chi connectivity index (χ1v) is 9.60. The summed E-state index contributed by atoms with van der Waals surface area (Å²) in [6, 6.07) is 4.84. The lowest BCUT2D eigenvalue weighted by Gasteiger charge is -2.29. The zero-order valence-electron chi connectivity index (χ0n) is 16.2. The number of carbonyl (C=O) groups is 2. The van der Waals surface area contributed by atoms with Gasteiger partial charge >= 0.3 is 6.09 Å². The van der Waals surface area contributed by atoms with Crippen LogP contribution in [0.2, 0.25) is 10.0 Å². The molecule has 0 atom stereocenters. The summed E-state index contributed by atoms with van der Waals surface area (Å²) in [4.78, 5) is 26.9. The monoisotopic (exact) mass is 424 g/mol. The smallest absolute Gasteiger partial charge is 0.410 e. The van der Waals surface area contributed by atoms with Crippen LogP contribution in [0.25, 0.3) is 0 Å². The third kappa shape index (κ3) is 4.42. The van der Waals surface area contributed by atoms with E-state index >= 15 is 0 Å². The van der Waals surface area contributed by atoms with Crippen LogP contribution in [0, 0.1) is 0 Å². The van der Waals surface area contributed by atoms with Gasteiger partial charge in [-0.2, -0.15) is 5.10 Å². The number of anilines is 1. The number of halogens is 2. The van der Waals surface area contributed by atoms with Gasteiger partial charge in [0, 0.05) is 30.6 Å². The van der Waals surface area contributed by atoms with Gasteiger partial charge in [-0.05, 0) is 39.0 Å². The highest BCUT2D eigenvalue weighted by atomic mass is 35.5. The molecule has 0 fully saturated rings. The number of aromatic nitrogens is 2. The van der Waals surface area contributed by atoms with Crippen molar-refractivity contribution in [3.8, 4) is 0 Å². The maximum atomic E-state index is 12.9. The first kappa shape index (κ1) is 20.5. The summed E-state index contributed by atoms with van der Waals surface area (Å²) in [6.07, 6.45) is 0.138. The molecule has 1 aliphatic heterocycles. The van der Waals surface area contributed by atoms with Crippen molar-refractivity contribution in [3.05, 3.63) is 45.2 Å². The van der Waals surface area contributed by atoms with Crippen LogP contribution in [0.4, 0.5) is 10.5 Å². The number of hydrogen-bond acceptors (Lipinski definition) is 4. The van der Waals surface area contributed by atoms with E-state index in [1.807, 2.05) is 20.8 Å². The number of rotatable bonds is 2. The summed E-state index contributed by atoms with van der Waals surface area (Å²) in [5.41, 5.74) is 1.70. The minimum atomic E-state index is -0.587. The number of hydrogen-bond donors (Lipinski definition) is 1. The molecule has 9 heteroatoms. The number of benzene rings is 1. The van der Waals surface area contributed by atoms with E-state index in [0.717, 1.165) is 5.69 Å². The molecule has 0 saturated carbocycles. The molecule has 0 bridgehead atoms. The van der Waals surface area contributed by atoms with E-state index in [9.17, 15) is 9.59 Å². The lowest BCUT2D eigenvalue weighted by atomic mass is 10.1. The summed E-state index contributed by atoms with van der Waals surface area (Å²) >= 11 is 12.1. The van der Waals surface area contributed by atoms with Crippen molar-refractivity contribution >= 4 is 40.9 Å². The highest BCUT2D eigenvalue weighted by Crippen LogP contribution is 2.28. The second kappa shape index (κ2) is 7.64. The Bertz CT molecular complexity index is 934. The first-order chi connectivity index (χ1) is 13.0.